The molecule has 0 bridgehead atoms. The molecule has 0 fully saturated rings. The van der Waals surface area contributed by atoms with Crippen molar-refractivity contribution in [2.75, 3.05) is 19.1 Å². The topological polar surface area (TPSA) is 75.6 Å². The van der Waals surface area contributed by atoms with Gasteiger partial charge in [0.2, 0.25) is 0 Å². The Morgan fingerprint density at radius 3 is 2.89 bits per heavy atom. The van der Waals surface area contributed by atoms with Gasteiger partial charge >= 0.3 is 5.97 Å². The number of carboxylic acids is 1. The number of hydrogen-bond acceptors (Lipinski definition) is 5. The third kappa shape index (κ3) is 3.92. The lowest BCUT2D eigenvalue weighted by Gasteiger charge is -2.13. The summed E-state index contributed by atoms with van der Waals surface area (Å²) in [5.41, 5.74) is 0. The summed E-state index contributed by atoms with van der Waals surface area (Å²) in [6.07, 6.45) is 2.29. The van der Waals surface area contributed by atoms with Gasteiger partial charge in [-0.15, -0.1) is 11.3 Å². The van der Waals surface area contributed by atoms with Gasteiger partial charge in [-0.05, 0) is 29.9 Å². The molecule has 0 aromatic carbocycles. The quantitative estimate of drug-likeness (QED) is 0.799. The molecule has 2 N–H and O–H groups in total. The molecule has 0 radical (unpaired) electrons. The van der Waals surface area contributed by atoms with Gasteiger partial charge in [-0.25, -0.2) is 4.79 Å². The molecule has 0 spiro atoms. The highest BCUT2D eigenvalue weighted by molar-refractivity contribution is 7.98. The molecule has 0 aliphatic carbocycles. The summed E-state index contributed by atoms with van der Waals surface area (Å²) in [6.45, 7) is 0. The lowest BCUT2D eigenvalue weighted by Crippen LogP contribution is -2.41. The first-order chi connectivity index (χ1) is 8.60. The maximum absolute atomic E-state index is 11.9. The summed E-state index contributed by atoms with van der Waals surface area (Å²) in [5, 5.41) is 13.3. The number of hydrogen-bond donors (Lipinski definition) is 2. The predicted molar refractivity (Wildman–Crippen MR) is 72.8 cm³/mol. The van der Waals surface area contributed by atoms with Crippen LogP contribution in [0.2, 0.25) is 0 Å². The average molecular weight is 289 g/mol. The SMILES string of the molecule is COc1ccsc1C(=O)N[C@@H](CCSC)C(=O)O. The number of carbonyl (C=O) groups is 2. The summed E-state index contributed by atoms with van der Waals surface area (Å²) < 4.78 is 5.03. The fourth-order valence-electron chi connectivity index (χ4n) is 1.34. The number of amides is 1. The number of methoxy groups -OCH3 is 1. The van der Waals surface area contributed by atoms with E-state index in [1.165, 1.54) is 18.4 Å². The summed E-state index contributed by atoms with van der Waals surface area (Å²) in [5.74, 6) is -0.284. The first-order valence-corrected chi connectivity index (χ1v) is 7.51. The lowest BCUT2D eigenvalue weighted by molar-refractivity contribution is -0.139. The zero-order chi connectivity index (χ0) is 13.5. The Morgan fingerprint density at radius 1 is 1.61 bits per heavy atom. The first kappa shape index (κ1) is 14.8. The van der Waals surface area contributed by atoms with Gasteiger partial charge in [0.05, 0.1) is 7.11 Å². The van der Waals surface area contributed by atoms with Crippen molar-refractivity contribution in [3.63, 3.8) is 0 Å². The van der Waals surface area contributed by atoms with Gasteiger partial charge in [0.25, 0.3) is 5.91 Å². The maximum atomic E-state index is 11.9. The van der Waals surface area contributed by atoms with Crippen LogP contribution in [0.5, 0.6) is 5.75 Å². The molecule has 5 nitrogen and oxygen atoms in total. The standard InChI is InChI=1S/C11H15NO4S2/c1-16-8-4-6-18-9(8)10(13)12-7(11(14)15)3-5-17-2/h4,6-7H,3,5H2,1-2H3,(H,12,13)(H,14,15)/t7-/m0/s1. The molecule has 1 atom stereocenters. The molecule has 0 aliphatic rings. The fraction of sp³-hybridized carbons (Fsp3) is 0.455. The van der Waals surface area contributed by atoms with Crippen molar-refractivity contribution in [2.45, 2.75) is 12.5 Å². The lowest BCUT2D eigenvalue weighted by atomic mass is 10.2. The third-order valence-electron chi connectivity index (χ3n) is 2.27. The molecular weight excluding hydrogens is 274 g/mol. The monoisotopic (exact) mass is 289 g/mol. The number of carbonyl (C=O) groups excluding carboxylic acids is 1. The van der Waals surface area contributed by atoms with Gasteiger partial charge in [0, 0.05) is 0 Å². The molecule has 1 aromatic rings. The second-order valence-corrected chi connectivity index (χ2v) is 5.37. The summed E-state index contributed by atoms with van der Waals surface area (Å²) in [4.78, 5) is 23.3. The molecule has 1 rings (SSSR count). The Kier molecular flexibility index (Phi) is 6.00. The van der Waals surface area contributed by atoms with Crippen molar-refractivity contribution >= 4 is 35.0 Å². The molecule has 1 heterocycles. The number of rotatable bonds is 7. The molecule has 1 aromatic heterocycles. The van der Waals surface area contributed by atoms with E-state index in [-0.39, 0.29) is 0 Å². The molecular formula is C11H15NO4S2. The molecule has 0 unspecified atom stereocenters. The number of thiophene rings is 1. The minimum atomic E-state index is -1.02. The Bertz CT molecular complexity index is 419. The molecule has 1 amide bonds. The molecule has 100 valence electrons. The van der Waals surface area contributed by atoms with E-state index < -0.39 is 17.9 Å². The number of nitrogens with one attached hydrogen (secondary N) is 1. The number of carboxylic acid groups (broad SMARTS) is 1. The predicted octanol–water partition coefficient (Wildman–Crippen LogP) is 1.69. The number of ether oxygens (including phenoxy) is 1. The molecule has 0 saturated heterocycles. The smallest absolute Gasteiger partial charge is 0.326 e. The zero-order valence-electron chi connectivity index (χ0n) is 10.1. The van der Waals surface area contributed by atoms with Gasteiger partial charge in [-0.2, -0.15) is 11.8 Å². The Balaban J connectivity index is 2.69. The normalized spacial score (nSPS) is 11.9. The van der Waals surface area contributed by atoms with Crippen LogP contribution in [0.15, 0.2) is 11.4 Å². The van der Waals surface area contributed by atoms with Gasteiger partial charge in [0.15, 0.2) is 0 Å². The van der Waals surface area contributed by atoms with E-state index in [4.69, 9.17) is 9.84 Å². The van der Waals surface area contributed by atoms with E-state index in [1.807, 2.05) is 6.26 Å². The van der Waals surface area contributed by atoms with Crippen molar-refractivity contribution in [3.8, 4) is 5.75 Å². The molecule has 0 saturated carbocycles. The Morgan fingerprint density at radius 2 is 2.33 bits per heavy atom. The van der Waals surface area contributed by atoms with Gasteiger partial charge in [0.1, 0.15) is 16.7 Å². The fourth-order valence-corrected chi connectivity index (χ4v) is 2.57. The largest absolute Gasteiger partial charge is 0.495 e. The van der Waals surface area contributed by atoms with Gasteiger partial charge < -0.3 is 15.2 Å². The highest BCUT2D eigenvalue weighted by atomic mass is 32.2. The van der Waals surface area contributed by atoms with Crippen molar-refractivity contribution in [2.24, 2.45) is 0 Å². The minimum Gasteiger partial charge on any atom is -0.495 e. The van der Waals surface area contributed by atoms with Crippen LogP contribution in [0.4, 0.5) is 0 Å². The molecule has 0 aliphatic heterocycles. The van der Waals surface area contributed by atoms with Crippen molar-refractivity contribution in [3.05, 3.63) is 16.3 Å². The van der Waals surface area contributed by atoms with Gasteiger partial charge in [-0.3, -0.25) is 4.79 Å². The van der Waals surface area contributed by atoms with Crippen LogP contribution in [0, 0.1) is 0 Å². The van der Waals surface area contributed by atoms with Crippen LogP contribution < -0.4 is 10.1 Å². The van der Waals surface area contributed by atoms with Crippen LogP contribution in [0.1, 0.15) is 16.1 Å². The zero-order valence-corrected chi connectivity index (χ0v) is 11.8. The van der Waals surface area contributed by atoms with Crippen molar-refractivity contribution < 1.29 is 19.4 Å². The average Bonchev–Trinajstić information content (AvgIpc) is 2.82. The van der Waals surface area contributed by atoms with Crippen LogP contribution in [-0.2, 0) is 4.79 Å². The van der Waals surface area contributed by atoms with E-state index in [1.54, 1.807) is 23.2 Å². The van der Waals surface area contributed by atoms with Crippen LogP contribution in [-0.4, -0.2) is 42.1 Å². The third-order valence-corrected chi connectivity index (χ3v) is 3.81. The van der Waals surface area contributed by atoms with Crippen molar-refractivity contribution in [1.29, 1.82) is 0 Å². The Hall–Kier alpha value is -1.21. The second kappa shape index (κ2) is 7.27. The van der Waals surface area contributed by atoms with E-state index in [9.17, 15) is 9.59 Å². The van der Waals surface area contributed by atoms with E-state index >= 15 is 0 Å². The molecule has 7 heteroatoms. The summed E-state index contributed by atoms with van der Waals surface area (Å²) in [6, 6.07) is 0.814. The number of thioether (sulfide) groups is 1. The highest BCUT2D eigenvalue weighted by Crippen LogP contribution is 2.24. The Labute approximate surface area is 114 Å². The first-order valence-electron chi connectivity index (χ1n) is 5.24. The molecule has 18 heavy (non-hydrogen) atoms. The van der Waals surface area contributed by atoms with E-state index in [0.717, 1.165) is 0 Å². The summed E-state index contributed by atoms with van der Waals surface area (Å²) >= 11 is 2.77. The number of aliphatic carboxylic acids is 1. The highest BCUT2D eigenvalue weighted by Gasteiger charge is 2.22. The second-order valence-electron chi connectivity index (χ2n) is 3.46. The minimum absolute atomic E-state index is 0.396. The van der Waals surface area contributed by atoms with E-state index in [2.05, 4.69) is 5.32 Å². The van der Waals surface area contributed by atoms with Gasteiger partial charge in [-0.1, -0.05) is 0 Å². The van der Waals surface area contributed by atoms with Crippen LogP contribution in [0.3, 0.4) is 0 Å². The summed E-state index contributed by atoms with van der Waals surface area (Å²) in [7, 11) is 1.47. The van der Waals surface area contributed by atoms with E-state index in [0.29, 0.717) is 22.8 Å². The van der Waals surface area contributed by atoms with Crippen LogP contribution in [0.25, 0.3) is 0 Å². The van der Waals surface area contributed by atoms with Crippen LogP contribution >= 0.6 is 23.1 Å². The maximum Gasteiger partial charge on any atom is 0.326 e. The van der Waals surface area contributed by atoms with Crippen molar-refractivity contribution in [1.82, 2.24) is 5.32 Å².